The van der Waals surface area contributed by atoms with E-state index >= 15 is 0 Å². The van der Waals surface area contributed by atoms with Crippen LogP contribution in [-0.2, 0) is 17.3 Å². The molecular weight excluding hydrogens is 727 g/mol. The topological polar surface area (TPSA) is 30.7 Å². The predicted molar refractivity (Wildman–Crippen MR) is 251 cm³/mol. The zero-order valence-electron chi connectivity index (χ0n) is 34.9. The second kappa shape index (κ2) is 13.6. The van der Waals surface area contributed by atoms with E-state index in [0.717, 1.165) is 40.0 Å². The van der Waals surface area contributed by atoms with Gasteiger partial charge in [-0.15, -0.1) is 0 Å². The Labute approximate surface area is 352 Å². The molecule has 0 fully saturated rings. The molecule has 7 aromatic carbocycles. The van der Waals surface area contributed by atoms with E-state index in [1.54, 1.807) is 0 Å². The van der Waals surface area contributed by atoms with Gasteiger partial charge in [-0.2, -0.15) is 0 Å². The highest BCUT2D eigenvalue weighted by Crippen LogP contribution is 2.55. The SMILES string of the molecule is Cc1c(-c2nc(-c3ccc(-c4ccc5c(c4)c4c(n5-c5ccccc5)CC5C(=C4)c4ccccc4C5(C)C)cc3)c3ccccc3n2)cccc1C(C)(C)c1ccccc1. The molecule has 2 aromatic heterocycles. The number of hydrogen-bond acceptors (Lipinski definition) is 2. The number of fused-ring (bicyclic) bond motifs is 7. The van der Waals surface area contributed by atoms with E-state index in [0.29, 0.717) is 5.92 Å². The summed E-state index contributed by atoms with van der Waals surface area (Å²) in [5.74, 6) is 1.17. The number of allylic oxidation sites excluding steroid dienone is 1. The van der Waals surface area contributed by atoms with Crippen molar-refractivity contribution in [3.05, 3.63) is 209 Å². The second-order valence-electron chi connectivity index (χ2n) is 17.8. The summed E-state index contributed by atoms with van der Waals surface area (Å²) >= 11 is 0. The van der Waals surface area contributed by atoms with Crippen LogP contribution in [0.25, 0.3) is 72.9 Å². The Morgan fingerprint density at radius 3 is 2.08 bits per heavy atom. The van der Waals surface area contributed by atoms with Crippen LogP contribution in [0, 0.1) is 12.8 Å². The zero-order valence-corrected chi connectivity index (χ0v) is 34.9. The quantitative estimate of drug-likeness (QED) is 0.168. The Morgan fingerprint density at radius 2 is 1.28 bits per heavy atom. The molecule has 3 heteroatoms. The van der Waals surface area contributed by atoms with Crippen LogP contribution in [0.1, 0.15) is 66.8 Å². The zero-order chi connectivity index (χ0) is 40.8. The molecule has 0 radical (unpaired) electrons. The van der Waals surface area contributed by atoms with Crippen molar-refractivity contribution in [1.82, 2.24) is 14.5 Å². The smallest absolute Gasteiger partial charge is 0.160 e. The molecule has 9 aromatic rings. The summed E-state index contributed by atoms with van der Waals surface area (Å²) in [6, 6.07) is 61.7. The largest absolute Gasteiger partial charge is 0.313 e. The van der Waals surface area contributed by atoms with Crippen LogP contribution in [0.15, 0.2) is 170 Å². The molecule has 0 spiro atoms. The monoisotopic (exact) mass is 773 g/mol. The molecular formula is C57H47N3. The van der Waals surface area contributed by atoms with Gasteiger partial charge in [-0.3, -0.25) is 0 Å². The molecule has 3 nitrogen and oxygen atoms in total. The fraction of sp³-hybridized carbons (Fsp3) is 0.158. The lowest BCUT2D eigenvalue weighted by Gasteiger charge is -2.31. The third kappa shape index (κ3) is 5.56. The van der Waals surface area contributed by atoms with Gasteiger partial charge in [0.1, 0.15) is 0 Å². The van der Waals surface area contributed by atoms with Crippen LogP contribution in [0.2, 0.25) is 0 Å². The molecule has 0 bridgehead atoms. The lowest BCUT2D eigenvalue weighted by molar-refractivity contribution is 0.405. The minimum absolute atomic E-state index is 0.0584. The van der Waals surface area contributed by atoms with E-state index in [-0.39, 0.29) is 10.8 Å². The molecule has 290 valence electrons. The molecule has 0 saturated carbocycles. The number of para-hydroxylation sites is 2. The first-order valence-corrected chi connectivity index (χ1v) is 21.3. The number of aromatic nitrogens is 3. The molecule has 0 N–H and O–H groups in total. The summed E-state index contributed by atoms with van der Waals surface area (Å²) in [6.45, 7) is 11.7. The van der Waals surface area contributed by atoms with Gasteiger partial charge in [-0.1, -0.05) is 167 Å². The summed E-state index contributed by atoms with van der Waals surface area (Å²) in [6.07, 6.45) is 3.52. The molecule has 2 aliphatic rings. The first kappa shape index (κ1) is 36.3. The highest BCUT2D eigenvalue weighted by molar-refractivity contribution is 6.02. The average molecular weight is 774 g/mol. The van der Waals surface area contributed by atoms with Crippen LogP contribution < -0.4 is 0 Å². The maximum atomic E-state index is 5.35. The summed E-state index contributed by atoms with van der Waals surface area (Å²) in [5.41, 5.74) is 19.6. The molecule has 2 heterocycles. The van der Waals surface area contributed by atoms with Crippen LogP contribution in [0.5, 0.6) is 0 Å². The lowest BCUT2D eigenvalue weighted by atomic mass is 9.73. The van der Waals surface area contributed by atoms with Gasteiger partial charge in [0.25, 0.3) is 0 Å². The molecule has 0 amide bonds. The van der Waals surface area contributed by atoms with Crippen molar-refractivity contribution in [3.8, 4) is 39.5 Å². The van der Waals surface area contributed by atoms with Gasteiger partial charge in [-0.25, -0.2) is 9.97 Å². The molecule has 0 saturated heterocycles. The molecule has 11 rings (SSSR count). The summed E-state index contributed by atoms with van der Waals surface area (Å²) < 4.78 is 2.52. The summed E-state index contributed by atoms with van der Waals surface area (Å²) in [5, 5.41) is 2.34. The Hall–Kier alpha value is -6.84. The van der Waals surface area contributed by atoms with Crippen molar-refractivity contribution in [2.24, 2.45) is 5.92 Å². The van der Waals surface area contributed by atoms with Crippen molar-refractivity contribution in [1.29, 1.82) is 0 Å². The van der Waals surface area contributed by atoms with E-state index < -0.39 is 0 Å². The highest BCUT2D eigenvalue weighted by Gasteiger charge is 2.45. The Kier molecular flexibility index (Phi) is 8.22. The third-order valence-electron chi connectivity index (χ3n) is 13.8. The van der Waals surface area contributed by atoms with Gasteiger partial charge < -0.3 is 4.57 Å². The van der Waals surface area contributed by atoms with Crippen molar-refractivity contribution in [2.45, 2.75) is 51.9 Å². The van der Waals surface area contributed by atoms with Gasteiger partial charge in [0.05, 0.1) is 16.7 Å². The number of benzene rings is 7. The Bertz CT molecular complexity index is 3170. The molecule has 0 aliphatic heterocycles. The van der Waals surface area contributed by atoms with Crippen LogP contribution >= 0.6 is 0 Å². The standard InChI is InChI=1S/C57H47N3/c1-36-42(23-16-25-48(36)56(2,3)40-17-8-6-9-18-40)55-58-51-26-15-13-22-44(51)54(59-55)38-29-27-37(28-30-38)39-31-32-52-46(33-39)47-34-45-43-21-12-14-24-49(43)57(4,5)50(45)35-53(47)60(52)41-19-10-7-11-20-41/h6-34,50H,35H2,1-5H3. The van der Waals surface area contributed by atoms with E-state index in [1.807, 2.05) is 0 Å². The minimum atomic E-state index is -0.179. The van der Waals surface area contributed by atoms with Crippen molar-refractivity contribution in [3.63, 3.8) is 0 Å². The Morgan fingerprint density at radius 1 is 0.617 bits per heavy atom. The molecule has 60 heavy (non-hydrogen) atoms. The highest BCUT2D eigenvalue weighted by atomic mass is 15.0. The maximum absolute atomic E-state index is 5.35. The van der Waals surface area contributed by atoms with Crippen molar-refractivity contribution in [2.75, 3.05) is 0 Å². The van der Waals surface area contributed by atoms with E-state index in [9.17, 15) is 0 Å². The van der Waals surface area contributed by atoms with Gasteiger partial charge in [0.15, 0.2) is 5.82 Å². The van der Waals surface area contributed by atoms with Gasteiger partial charge in [-0.05, 0) is 106 Å². The van der Waals surface area contributed by atoms with E-state index in [1.165, 1.54) is 72.4 Å². The number of rotatable bonds is 6. The maximum Gasteiger partial charge on any atom is 0.160 e. The molecule has 1 unspecified atom stereocenters. The fourth-order valence-electron chi connectivity index (χ4n) is 10.5. The predicted octanol–water partition coefficient (Wildman–Crippen LogP) is 14.2. The third-order valence-corrected chi connectivity index (χ3v) is 13.8. The van der Waals surface area contributed by atoms with E-state index in [4.69, 9.17) is 9.97 Å². The molecule has 1 atom stereocenters. The lowest BCUT2D eigenvalue weighted by Crippen LogP contribution is -2.27. The summed E-state index contributed by atoms with van der Waals surface area (Å²) in [7, 11) is 0. The number of nitrogens with zero attached hydrogens (tertiary/aromatic N) is 3. The van der Waals surface area contributed by atoms with Crippen LogP contribution in [0.4, 0.5) is 0 Å². The van der Waals surface area contributed by atoms with Gasteiger partial charge in [0, 0.05) is 44.3 Å². The van der Waals surface area contributed by atoms with Crippen molar-refractivity contribution < 1.29 is 0 Å². The molecule has 2 aliphatic carbocycles. The summed E-state index contributed by atoms with van der Waals surface area (Å²) in [4.78, 5) is 10.5. The fourth-order valence-corrected chi connectivity index (χ4v) is 10.5. The van der Waals surface area contributed by atoms with Crippen LogP contribution in [-0.4, -0.2) is 14.5 Å². The van der Waals surface area contributed by atoms with Gasteiger partial charge in [0.2, 0.25) is 0 Å². The van der Waals surface area contributed by atoms with Crippen LogP contribution in [0.3, 0.4) is 0 Å². The normalized spacial score (nSPS) is 15.4. The Balaban J connectivity index is 1.01. The minimum Gasteiger partial charge on any atom is -0.313 e. The first-order chi connectivity index (χ1) is 29.2. The van der Waals surface area contributed by atoms with E-state index in [2.05, 4.69) is 215 Å². The number of hydrogen-bond donors (Lipinski definition) is 0. The average Bonchev–Trinajstić information content (AvgIpc) is 3.73. The first-order valence-electron chi connectivity index (χ1n) is 21.3. The van der Waals surface area contributed by atoms with Crippen molar-refractivity contribution >= 4 is 33.5 Å². The van der Waals surface area contributed by atoms with Gasteiger partial charge >= 0.3 is 0 Å². The second-order valence-corrected chi connectivity index (χ2v) is 17.8.